The molecule has 8 heteroatoms. The number of aliphatic hydroxyl groups is 1. The van der Waals surface area contributed by atoms with Gasteiger partial charge in [-0.3, -0.25) is 19.5 Å². The van der Waals surface area contributed by atoms with Crippen molar-refractivity contribution in [1.82, 2.24) is 15.2 Å². The van der Waals surface area contributed by atoms with Crippen molar-refractivity contribution in [3.8, 4) is 0 Å². The minimum atomic E-state index is -1.81. The predicted molar refractivity (Wildman–Crippen MR) is 128 cm³/mol. The number of aromatic nitrogens is 1. The topological polar surface area (TPSA) is 91.8 Å². The van der Waals surface area contributed by atoms with E-state index in [1.165, 1.54) is 14.0 Å². The van der Waals surface area contributed by atoms with Gasteiger partial charge in [-0.2, -0.15) is 0 Å². The highest BCUT2D eigenvalue weighted by molar-refractivity contribution is 6.30. The van der Waals surface area contributed by atoms with Crippen molar-refractivity contribution in [2.45, 2.75) is 31.7 Å². The van der Waals surface area contributed by atoms with E-state index < -0.39 is 17.2 Å². The molecule has 4 rings (SSSR count). The highest BCUT2D eigenvalue weighted by Gasteiger charge is 2.52. The lowest BCUT2D eigenvalue weighted by Crippen LogP contribution is -2.45. The van der Waals surface area contributed by atoms with Crippen LogP contribution < -0.4 is 5.32 Å². The van der Waals surface area contributed by atoms with Gasteiger partial charge >= 0.3 is 0 Å². The number of fused-ring (bicyclic) bond motifs is 1. The Balaban J connectivity index is 1.90. The molecule has 176 valence electrons. The zero-order valence-corrected chi connectivity index (χ0v) is 20.2. The Morgan fingerprint density at radius 1 is 1.21 bits per heavy atom. The molecule has 2 heterocycles. The average Bonchev–Trinajstić information content (AvgIpc) is 3.08. The Morgan fingerprint density at radius 3 is 2.50 bits per heavy atom. The van der Waals surface area contributed by atoms with E-state index in [1.54, 1.807) is 48.5 Å². The molecular weight excluding hydrogens is 454 g/mol. The largest absolute Gasteiger partial charge is 0.376 e. The van der Waals surface area contributed by atoms with E-state index in [4.69, 9.17) is 16.3 Å². The zero-order valence-electron chi connectivity index (χ0n) is 19.4. The standard InChI is InChI=1S/C26H26ClN3O4/c1-16-5-11-20(29-14-16)15-30-23(31)21-13-18(25(2,33)24(32)28-3)8-12-22(21)26(30,34-4)17-6-9-19(27)10-7-17/h5-14,33H,15H2,1-4H3,(H,28,32). The zero-order chi connectivity index (χ0) is 24.7. The molecule has 1 aliphatic heterocycles. The van der Waals surface area contributed by atoms with Crippen LogP contribution >= 0.6 is 11.6 Å². The van der Waals surface area contributed by atoms with Gasteiger partial charge in [-0.25, -0.2) is 0 Å². The number of hydrogen-bond donors (Lipinski definition) is 2. The first kappa shape index (κ1) is 23.9. The molecule has 0 bridgehead atoms. The molecule has 34 heavy (non-hydrogen) atoms. The number of benzene rings is 2. The number of nitrogens with zero attached hydrogens (tertiary/aromatic N) is 2. The third kappa shape index (κ3) is 3.76. The maximum Gasteiger partial charge on any atom is 0.257 e. The first-order valence-electron chi connectivity index (χ1n) is 10.8. The Bertz CT molecular complexity index is 1240. The summed E-state index contributed by atoms with van der Waals surface area (Å²) in [7, 11) is 2.99. The molecule has 1 aliphatic rings. The van der Waals surface area contributed by atoms with Crippen LogP contribution in [-0.2, 0) is 27.4 Å². The van der Waals surface area contributed by atoms with E-state index in [0.717, 1.165) is 5.56 Å². The first-order chi connectivity index (χ1) is 16.1. The summed E-state index contributed by atoms with van der Waals surface area (Å²) in [6, 6.07) is 15.8. The Labute approximate surface area is 203 Å². The van der Waals surface area contributed by atoms with Crippen molar-refractivity contribution in [1.29, 1.82) is 0 Å². The van der Waals surface area contributed by atoms with Gasteiger partial charge in [0, 0.05) is 42.1 Å². The number of halogens is 1. The normalized spacial score (nSPS) is 19.0. The fourth-order valence-electron chi connectivity index (χ4n) is 4.39. The predicted octanol–water partition coefficient (Wildman–Crippen LogP) is 3.50. The molecule has 2 atom stereocenters. The molecule has 2 N–H and O–H groups in total. The molecule has 0 saturated heterocycles. The van der Waals surface area contributed by atoms with Gasteiger partial charge in [-0.1, -0.05) is 41.9 Å². The van der Waals surface area contributed by atoms with Crippen molar-refractivity contribution >= 4 is 23.4 Å². The van der Waals surface area contributed by atoms with E-state index in [2.05, 4.69) is 10.3 Å². The molecule has 0 saturated carbocycles. The number of aryl methyl sites for hydroxylation is 1. The van der Waals surface area contributed by atoms with Gasteiger partial charge in [0.05, 0.1) is 12.2 Å². The summed E-state index contributed by atoms with van der Waals surface area (Å²) in [5, 5.41) is 13.9. The highest BCUT2D eigenvalue weighted by atomic mass is 35.5. The van der Waals surface area contributed by atoms with Crippen LogP contribution in [0.1, 0.15) is 45.2 Å². The number of likely N-dealkylation sites (N-methyl/N-ethyl adjacent to an activating group) is 1. The van der Waals surface area contributed by atoms with Gasteiger partial charge in [0.25, 0.3) is 11.8 Å². The fourth-order valence-corrected chi connectivity index (χ4v) is 4.52. The number of nitrogens with one attached hydrogen (secondary N) is 1. The molecule has 0 aliphatic carbocycles. The quantitative estimate of drug-likeness (QED) is 0.564. The summed E-state index contributed by atoms with van der Waals surface area (Å²) >= 11 is 6.13. The van der Waals surface area contributed by atoms with Crippen molar-refractivity contribution in [2.24, 2.45) is 0 Å². The minimum Gasteiger partial charge on any atom is -0.376 e. The van der Waals surface area contributed by atoms with Crippen molar-refractivity contribution < 1.29 is 19.4 Å². The van der Waals surface area contributed by atoms with Gasteiger partial charge in [-0.15, -0.1) is 0 Å². The monoisotopic (exact) mass is 479 g/mol. The first-order valence-corrected chi connectivity index (χ1v) is 11.2. The fraction of sp³-hybridized carbons (Fsp3) is 0.269. The lowest BCUT2D eigenvalue weighted by atomic mass is 9.88. The highest BCUT2D eigenvalue weighted by Crippen LogP contribution is 2.46. The van der Waals surface area contributed by atoms with E-state index in [9.17, 15) is 14.7 Å². The molecule has 2 aromatic carbocycles. The molecule has 7 nitrogen and oxygen atoms in total. The summed E-state index contributed by atoms with van der Waals surface area (Å²) in [5.41, 5.74) is 0.597. The molecule has 2 amide bonds. The summed E-state index contributed by atoms with van der Waals surface area (Å²) < 4.78 is 6.12. The van der Waals surface area contributed by atoms with Gasteiger partial charge in [0.15, 0.2) is 11.3 Å². The number of hydrogen-bond acceptors (Lipinski definition) is 5. The van der Waals surface area contributed by atoms with Crippen LogP contribution in [0.2, 0.25) is 5.02 Å². The van der Waals surface area contributed by atoms with E-state index in [1.807, 2.05) is 31.2 Å². The third-order valence-corrected chi connectivity index (χ3v) is 6.55. The molecule has 2 unspecified atom stereocenters. The van der Waals surface area contributed by atoms with E-state index in [0.29, 0.717) is 33.0 Å². The number of rotatable bonds is 6. The van der Waals surface area contributed by atoms with E-state index in [-0.39, 0.29) is 12.5 Å². The van der Waals surface area contributed by atoms with Crippen LogP contribution in [0.15, 0.2) is 60.8 Å². The summed E-state index contributed by atoms with van der Waals surface area (Å²) in [6.45, 7) is 3.52. The minimum absolute atomic E-state index is 0.186. The van der Waals surface area contributed by atoms with Crippen molar-refractivity contribution in [3.05, 3.63) is 99.3 Å². The SMILES string of the molecule is CNC(=O)C(C)(O)c1ccc2c(c1)C(=O)N(Cc1ccc(C)cn1)C2(OC)c1ccc(Cl)cc1. The maximum absolute atomic E-state index is 13.8. The Morgan fingerprint density at radius 2 is 1.91 bits per heavy atom. The summed E-state index contributed by atoms with van der Waals surface area (Å²) in [5.74, 6) is -0.877. The number of amides is 2. The second-order valence-electron chi connectivity index (χ2n) is 8.48. The number of methoxy groups -OCH3 is 1. The Hall–Kier alpha value is -3.26. The van der Waals surface area contributed by atoms with Crippen molar-refractivity contribution in [2.75, 3.05) is 14.2 Å². The van der Waals surface area contributed by atoms with Gasteiger partial charge in [-0.05, 0) is 49.2 Å². The van der Waals surface area contributed by atoms with Crippen LogP contribution in [0, 0.1) is 6.92 Å². The molecule has 3 aromatic rings. The van der Waals surface area contributed by atoms with Crippen LogP contribution in [0.4, 0.5) is 0 Å². The van der Waals surface area contributed by atoms with Gasteiger partial charge < -0.3 is 15.2 Å². The van der Waals surface area contributed by atoms with Crippen LogP contribution in [0.5, 0.6) is 0 Å². The van der Waals surface area contributed by atoms with Crippen LogP contribution in [0.3, 0.4) is 0 Å². The molecule has 0 spiro atoms. The van der Waals surface area contributed by atoms with Crippen LogP contribution in [-0.4, -0.2) is 41.0 Å². The van der Waals surface area contributed by atoms with Crippen molar-refractivity contribution in [3.63, 3.8) is 0 Å². The number of carbonyl (C=O) groups is 2. The molecule has 0 radical (unpaired) electrons. The number of pyridine rings is 1. The number of ether oxygens (including phenoxy) is 1. The number of carbonyl (C=O) groups excluding carboxylic acids is 2. The summed E-state index contributed by atoms with van der Waals surface area (Å²) in [4.78, 5) is 32.2. The lowest BCUT2D eigenvalue weighted by Gasteiger charge is -2.38. The maximum atomic E-state index is 13.8. The molecule has 0 fully saturated rings. The van der Waals surface area contributed by atoms with Gasteiger partial charge in [0.2, 0.25) is 0 Å². The third-order valence-electron chi connectivity index (χ3n) is 6.30. The smallest absolute Gasteiger partial charge is 0.257 e. The van der Waals surface area contributed by atoms with E-state index >= 15 is 0 Å². The second-order valence-corrected chi connectivity index (χ2v) is 8.92. The lowest BCUT2D eigenvalue weighted by molar-refractivity contribution is -0.138. The second kappa shape index (κ2) is 8.83. The molecular formula is C26H26ClN3O4. The molecule has 1 aromatic heterocycles. The van der Waals surface area contributed by atoms with Gasteiger partial charge in [0.1, 0.15) is 0 Å². The van der Waals surface area contributed by atoms with Crippen LogP contribution in [0.25, 0.3) is 0 Å². The average molecular weight is 480 g/mol. The Kier molecular flexibility index (Phi) is 6.20. The summed E-state index contributed by atoms with van der Waals surface area (Å²) in [6.07, 6.45) is 1.75.